The Hall–Kier alpha value is -3.39. The molecule has 0 saturated heterocycles. The average molecular weight is 407 g/mol. The smallest absolute Gasteiger partial charge is 0.267 e. The molecule has 29 heavy (non-hydrogen) atoms. The summed E-state index contributed by atoms with van der Waals surface area (Å²) in [6, 6.07) is 12.8. The Bertz CT molecular complexity index is 1200. The minimum Gasteiger partial charge on any atom is -0.490 e. The Morgan fingerprint density at radius 3 is 2.83 bits per heavy atom. The van der Waals surface area contributed by atoms with Gasteiger partial charge in [0.1, 0.15) is 12.0 Å². The third-order valence-corrected chi connectivity index (χ3v) is 5.36. The fraction of sp³-hybridized carbons (Fsp3) is 0.190. The van der Waals surface area contributed by atoms with Gasteiger partial charge in [-0.1, -0.05) is 6.07 Å². The lowest BCUT2D eigenvalue weighted by atomic mass is 10.1. The first-order valence-electron chi connectivity index (χ1n) is 9.23. The Morgan fingerprint density at radius 2 is 1.97 bits per heavy atom. The van der Waals surface area contributed by atoms with E-state index in [-0.39, 0.29) is 12.1 Å². The van der Waals surface area contributed by atoms with Crippen molar-refractivity contribution in [2.45, 2.75) is 13.0 Å². The lowest BCUT2D eigenvalue weighted by Crippen LogP contribution is -2.23. The first kappa shape index (κ1) is 17.7. The largest absolute Gasteiger partial charge is 0.490 e. The molecule has 1 aliphatic heterocycles. The van der Waals surface area contributed by atoms with Gasteiger partial charge in [-0.2, -0.15) is 5.10 Å². The Kier molecular flexibility index (Phi) is 4.61. The molecule has 146 valence electrons. The molecule has 0 saturated carbocycles. The van der Waals surface area contributed by atoms with Gasteiger partial charge in [-0.3, -0.25) is 4.79 Å². The van der Waals surface area contributed by atoms with Crippen LogP contribution in [-0.4, -0.2) is 28.0 Å². The number of hydrogen-bond acceptors (Lipinski definition) is 7. The molecule has 0 radical (unpaired) electrons. The normalized spacial score (nSPS) is 13.2. The van der Waals surface area contributed by atoms with Crippen molar-refractivity contribution in [3.8, 4) is 33.5 Å². The van der Waals surface area contributed by atoms with Gasteiger partial charge in [-0.25, -0.2) is 9.67 Å². The highest BCUT2D eigenvalue weighted by molar-refractivity contribution is 7.13. The summed E-state index contributed by atoms with van der Waals surface area (Å²) in [6.07, 6.45) is 2.40. The monoisotopic (exact) mass is 407 g/mol. The Balaban J connectivity index is 1.43. The summed E-state index contributed by atoms with van der Waals surface area (Å²) < 4.78 is 18.4. The number of benzene rings is 1. The maximum atomic E-state index is 12.3. The van der Waals surface area contributed by atoms with Gasteiger partial charge in [-0.15, -0.1) is 11.3 Å². The van der Waals surface area contributed by atoms with E-state index in [4.69, 9.17) is 13.9 Å². The summed E-state index contributed by atoms with van der Waals surface area (Å²) in [5.74, 6) is 1.96. The fourth-order valence-electron chi connectivity index (χ4n) is 3.09. The van der Waals surface area contributed by atoms with Crippen LogP contribution in [0.4, 0.5) is 0 Å². The molecular formula is C21H17N3O4S. The molecule has 0 N–H and O–H groups in total. The quantitative estimate of drug-likeness (QED) is 0.511. The van der Waals surface area contributed by atoms with Gasteiger partial charge in [0.25, 0.3) is 5.56 Å². The number of oxazole rings is 1. The zero-order valence-electron chi connectivity index (χ0n) is 15.4. The van der Waals surface area contributed by atoms with Crippen molar-refractivity contribution in [3.05, 3.63) is 70.2 Å². The number of rotatable bonds is 4. The van der Waals surface area contributed by atoms with Crippen LogP contribution < -0.4 is 15.0 Å². The Morgan fingerprint density at radius 1 is 1.07 bits per heavy atom. The summed E-state index contributed by atoms with van der Waals surface area (Å²) in [4.78, 5) is 17.7. The highest BCUT2D eigenvalue weighted by Gasteiger charge is 2.14. The van der Waals surface area contributed by atoms with Crippen LogP contribution in [-0.2, 0) is 6.54 Å². The summed E-state index contributed by atoms with van der Waals surface area (Å²) in [5.41, 5.74) is 1.95. The second-order valence-corrected chi connectivity index (χ2v) is 7.50. The van der Waals surface area contributed by atoms with E-state index in [1.807, 2.05) is 35.7 Å². The van der Waals surface area contributed by atoms with Crippen molar-refractivity contribution in [1.82, 2.24) is 14.8 Å². The van der Waals surface area contributed by atoms with Crippen LogP contribution in [0.5, 0.6) is 11.5 Å². The van der Waals surface area contributed by atoms with Gasteiger partial charge >= 0.3 is 0 Å². The van der Waals surface area contributed by atoms with Crippen LogP contribution in [0.15, 0.2) is 63.3 Å². The SMILES string of the molecule is O=c1ccc(-c2ccc3c(c2)OCCCO3)nn1Cc1coc(-c2cccs2)n1. The lowest BCUT2D eigenvalue weighted by Gasteiger charge is -2.10. The van der Waals surface area contributed by atoms with E-state index < -0.39 is 0 Å². The first-order valence-corrected chi connectivity index (χ1v) is 10.1. The van der Waals surface area contributed by atoms with E-state index in [1.165, 1.54) is 10.7 Å². The average Bonchev–Trinajstić information content (AvgIpc) is 3.37. The third kappa shape index (κ3) is 3.66. The van der Waals surface area contributed by atoms with Gasteiger partial charge in [0.2, 0.25) is 5.89 Å². The molecule has 5 rings (SSSR count). The maximum Gasteiger partial charge on any atom is 0.267 e. The second kappa shape index (κ2) is 7.56. The van der Waals surface area contributed by atoms with Crippen molar-refractivity contribution in [2.75, 3.05) is 13.2 Å². The molecule has 4 aromatic rings. The van der Waals surface area contributed by atoms with Gasteiger partial charge in [0.05, 0.1) is 30.3 Å². The van der Waals surface area contributed by atoms with Crippen LogP contribution in [0.1, 0.15) is 12.1 Å². The minimum atomic E-state index is -0.205. The lowest BCUT2D eigenvalue weighted by molar-refractivity contribution is 0.297. The molecule has 7 nitrogen and oxygen atoms in total. The molecule has 1 aromatic carbocycles. The predicted octanol–water partition coefficient (Wildman–Crippen LogP) is 3.84. The number of thiophene rings is 1. The number of ether oxygens (including phenoxy) is 2. The number of hydrogen-bond donors (Lipinski definition) is 0. The number of aromatic nitrogens is 3. The Labute approximate surface area is 170 Å². The summed E-state index contributed by atoms with van der Waals surface area (Å²) in [7, 11) is 0. The van der Waals surface area contributed by atoms with Gasteiger partial charge in [-0.05, 0) is 35.7 Å². The summed E-state index contributed by atoms with van der Waals surface area (Å²) in [6.45, 7) is 1.48. The van der Waals surface area contributed by atoms with Crippen molar-refractivity contribution in [1.29, 1.82) is 0 Å². The van der Waals surface area contributed by atoms with E-state index in [1.54, 1.807) is 23.7 Å². The van der Waals surface area contributed by atoms with Crippen molar-refractivity contribution < 1.29 is 13.9 Å². The zero-order chi connectivity index (χ0) is 19.6. The molecule has 0 atom stereocenters. The zero-order valence-corrected chi connectivity index (χ0v) is 16.2. The first-order chi connectivity index (χ1) is 14.3. The van der Waals surface area contributed by atoms with Crippen LogP contribution in [0, 0.1) is 0 Å². The molecule has 8 heteroatoms. The van der Waals surface area contributed by atoms with Crippen molar-refractivity contribution >= 4 is 11.3 Å². The second-order valence-electron chi connectivity index (χ2n) is 6.55. The van der Waals surface area contributed by atoms with Crippen LogP contribution in [0.25, 0.3) is 22.0 Å². The molecule has 3 aromatic heterocycles. The molecule has 0 aliphatic carbocycles. The van der Waals surface area contributed by atoms with Crippen molar-refractivity contribution in [3.63, 3.8) is 0 Å². The molecule has 0 spiro atoms. The predicted molar refractivity (Wildman–Crippen MR) is 108 cm³/mol. The standard InChI is InChI=1S/C21H17N3O4S/c25-20-7-5-16(14-4-6-17-18(11-14)27-9-2-8-26-17)23-24(20)12-15-13-28-21(22-15)19-3-1-10-29-19/h1,3-7,10-11,13H,2,8-9,12H2. The summed E-state index contributed by atoms with van der Waals surface area (Å²) in [5, 5.41) is 6.47. The summed E-state index contributed by atoms with van der Waals surface area (Å²) >= 11 is 1.55. The minimum absolute atomic E-state index is 0.205. The van der Waals surface area contributed by atoms with Crippen LogP contribution in [0.2, 0.25) is 0 Å². The maximum absolute atomic E-state index is 12.3. The van der Waals surface area contributed by atoms with Gasteiger partial charge < -0.3 is 13.9 Å². The van der Waals surface area contributed by atoms with Crippen LogP contribution >= 0.6 is 11.3 Å². The van der Waals surface area contributed by atoms with E-state index >= 15 is 0 Å². The van der Waals surface area contributed by atoms with E-state index in [0.717, 1.165) is 22.6 Å². The topological polar surface area (TPSA) is 79.4 Å². The van der Waals surface area contributed by atoms with Crippen LogP contribution in [0.3, 0.4) is 0 Å². The van der Waals surface area contributed by atoms with E-state index in [2.05, 4.69) is 10.1 Å². The third-order valence-electron chi connectivity index (χ3n) is 4.51. The number of fused-ring (bicyclic) bond motifs is 1. The highest BCUT2D eigenvalue weighted by atomic mass is 32.1. The molecule has 1 aliphatic rings. The highest BCUT2D eigenvalue weighted by Crippen LogP contribution is 2.33. The molecule has 4 heterocycles. The van der Waals surface area contributed by atoms with E-state index in [9.17, 15) is 4.79 Å². The van der Waals surface area contributed by atoms with Gasteiger partial charge in [0, 0.05) is 18.1 Å². The molecule has 0 bridgehead atoms. The molecule has 0 amide bonds. The number of nitrogens with zero attached hydrogens (tertiary/aromatic N) is 3. The molecule has 0 fully saturated rings. The fourth-order valence-corrected chi connectivity index (χ4v) is 3.74. The van der Waals surface area contributed by atoms with Gasteiger partial charge in [0.15, 0.2) is 11.5 Å². The van der Waals surface area contributed by atoms with E-state index in [0.29, 0.717) is 36.2 Å². The molecular weight excluding hydrogens is 390 g/mol. The molecule has 0 unspecified atom stereocenters. The van der Waals surface area contributed by atoms with Crippen molar-refractivity contribution in [2.24, 2.45) is 0 Å².